The third-order valence-corrected chi connectivity index (χ3v) is 3.66. The highest BCUT2D eigenvalue weighted by molar-refractivity contribution is 5.67. The van der Waals surface area contributed by atoms with Crippen molar-refractivity contribution >= 4 is 12.1 Å². The van der Waals surface area contributed by atoms with Crippen LogP contribution in [0.4, 0.5) is 4.79 Å². The predicted molar refractivity (Wildman–Crippen MR) is 76.7 cm³/mol. The molecule has 0 aliphatic heterocycles. The van der Waals surface area contributed by atoms with E-state index < -0.39 is 5.97 Å². The number of hydrogen-bond acceptors (Lipinski definition) is 3. The van der Waals surface area contributed by atoms with Gasteiger partial charge in [-0.05, 0) is 38.5 Å². The summed E-state index contributed by atoms with van der Waals surface area (Å²) in [7, 11) is 0. The second-order valence-corrected chi connectivity index (χ2v) is 5.50. The molecule has 5 heteroatoms. The van der Waals surface area contributed by atoms with Gasteiger partial charge in [0.1, 0.15) is 6.10 Å². The average Bonchev–Trinajstić information content (AvgIpc) is 2.89. The smallest absolute Gasteiger partial charge is 0.407 e. The molecule has 1 amide bonds. The van der Waals surface area contributed by atoms with Gasteiger partial charge in [0.2, 0.25) is 0 Å². The van der Waals surface area contributed by atoms with Crippen molar-refractivity contribution in [1.29, 1.82) is 0 Å². The maximum atomic E-state index is 11.4. The highest BCUT2D eigenvalue weighted by Crippen LogP contribution is 2.20. The van der Waals surface area contributed by atoms with Gasteiger partial charge in [-0.3, -0.25) is 4.79 Å². The number of amides is 1. The quantitative estimate of drug-likeness (QED) is 0.603. The Morgan fingerprint density at radius 1 is 1.00 bits per heavy atom. The number of hydrogen-bond donors (Lipinski definition) is 2. The van der Waals surface area contributed by atoms with Crippen LogP contribution in [0.15, 0.2) is 0 Å². The number of nitrogens with one attached hydrogen (secondary N) is 1. The van der Waals surface area contributed by atoms with Crippen molar-refractivity contribution in [3.05, 3.63) is 0 Å². The summed E-state index contributed by atoms with van der Waals surface area (Å²) in [6.07, 6.45) is 10.4. The van der Waals surface area contributed by atoms with Crippen molar-refractivity contribution in [2.75, 3.05) is 6.54 Å². The lowest BCUT2D eigenvalue weighted by Crippen LogP contribution is -2.28. The molecule has 0 heterocycles. The maximum absolute atomic E-state index is 11.4. The molecule has 0 aromatic heterocycles. The molecular formula is C15H27NO4. The van der Waals surface area contributed by atoms with E-state index in [4.69, 9.17) is 9.84 Å². The molecule has 0 atom stereocenters. The van der Waals surface area contributed by atoms with Crippen molar-refractivity contribution in [1.82, 2.24) is 5.32 Å². The monoisotopic (exact) mass is 285 g/mol. The summed E-state index contributed by atoms with van der Waals surface area (Å²) in [4.78, 5) is 21.8. The van der Waals surface area contributed by atoms with Crippen molar-refractivity contribution < 1.29 is 19.4 Å². The van der Waals surface area contributed by atoms with E-state index in [9.17, 15) is 9.59 Å². The Balaban J connectivity index is 1.81. The molecule has 1 aliphatic carbocycles. The Labute approximate surface area is 121 Å². The number of rotatable bonds is 10. The van der Waals surface area contributed by atoms with E-state index in [0.717, 1.165) is 51.4 Å². The molecule has 2 N–H and O–H groups in total. The Hall–Kier alpha value is -1.26. The van der Waals surface area contributed by atoms with Gasteiger partial charge in [-0.1, -0.05) is 25.7 Å². The molecule has 20 heavy (non-hydrogen) atoms. The molecule has 0 radical (unpaired) electrons. The molecule has 116 valence electrons. The molecule has 0 aromatic carbocycles. The summed E-state index contributed by atoms with van der Waals surface area (Å²) in [6, 6.07) is 0. The second-order valence-electron chi connectivity index (χ2n) is 5.50. The Bertz CT molecular complexity index is 288. The molecular weight excluding hydrogens is 258 g/mol. The highest BCUT2D eigenvalue weighted by Gasteiger charge is 2.18. The minimum Gasteiger partial charge on any atom is -0.481 e. The average molecular weight is 285 g/mol. The van der Waals surface area contributed by atoms with Gasteiger partial charge in [-0.25, -0.2) is 4.79 Å². The third kappa shape index (κ3) is 8.77. The second kappa shape index (κ2) is 10.5. The van der Waals surface area contributed by atoms with E-state index >= 15 is 0 Å². The molecule has 0 unspecified atom stereocenters. The van der Waals surface area contributed by atoms with Gasteiger partial charge < -0.3 is 15.2 Å². The molecule has 1 saturated carbocycles. The SMILES string of the molecule is O=C(O)CCCCCCCCNC(=O)OC1CCCC1. The molecule has 0 saturated heterocycles. The van der Waals surface area contributed by atoms with Crippen molar-refractivity contribution in [2.24, 2.45) is 0 Å². The minimum atomic E-state index is -0.713. The van der Waals surface area contributed by atoms with Crippen LogP contribution < -0.4 is 5.32 Å². The summed E-state index contributed by atoms with van der Waals surface area (Å²) < 4.78 is 5.29. The van der Waals surface area contributed by atoms with Crippen molar-refractivity contribution in [3.8, 4) is 0 Å². The summed E-state index contributed by atoms with van der Waals surface area (Å²) in [5.74, 6) is -0.713. The molecule has 1 aliphatic rings. The first kappa shape index (κ1) is 16.8. The number of aliphatic carboxylic acids is 1. The van der Waals surface area contributed by atoms with E-state index in [1.807, 2.05) is 0 Å². The van der Waals surface area contributed by atoms with Gasteiger partial charge in [0.15, 0.2) is 0 Å². The summed E-state index contributed by atoms with van der Waals surface area (Å²) >= 11 is 0. The molecule has 1 rings (SSSR count). The van der Waals surface area contributed by atoms with Gasteiger partial charge in [-0.2, -0.15) is 0 Å². The van der Waals surface area contributed by atoms with Crippen molar-refractivity contribution in [3.63, 3.8) is 0 Å². The first-order valence-electron chi connectivity index (χ1n) is 7.85. The van der Waals surface area contributed by atoms with Crippen LogP contribution in [0.25, 0.3) is 0 Å². The van der Waals surface area contributed by atoms with Crippen LogP contribution in [-0.4, -0.2) is 29.8 Å². The van der Waals surface area contributed by atoms with Crippen LogP contribution >= 0.6 is 0 Å². The maximum Gasteiger partial charge on any atom is 0.407 e. The predicted octanol–water partition coefficient (Wildman–Crippen LogP) is 3.47. The van der Waals surface area contributed by atoms with Gasteiger partial charge in [0.25, 0.3) is 0 Å². The third-order valence-electron chi connectivity index (χ3n) is 3.66. The van der Waals surface area contributed by atoms with E-state index in [1.54, 1.807) is 0 Å². The molecule has 0 bridgehead atoms. The molecule has 5 nitrogen and oxygen atoms in total. The standard InChI is InChI=1S/C15H27NO4/c17-14(18)11-5-3-1-2-4-8-12-16-15(19)20-13-9-6-7-10-13/h13H,1-12H2,(H,16,19)(H,17,18). The van der Waals surface area contributed by atoms with Gasteiger partial charge in [-0.15, -0.1) is 0 Å². The zero-order valence-corrected chi connectivity index (χ0v) is 12.2. The summed E-state index contributed by atoms with van der Waals surface area (Å²) in [6.45, 7) is 0.667. The minimum absolute atomic E-state index is 0.129. The topological polar surface area (TPSA) is 75.6 Å². The van der Waals surface area contributed by atoms with E-state index in [-0.39, 0.29) is 18.6 Å². The lowest BCUT2D eigenvalue weighted by Gasteiger charge is -2.12. The Morgan fingerprint density at radius 3 is 2.25 bits per heavy atom. The van der Waals surface area contributed by atoms with Crippen LogP contribution in [0.1, 0.15) is 70.6 Å². The normalized spacial score (nSPS) is 15.2. The first-order valence-corrected chi connectivity index (χ1v) is 7.85. The number of alkyl carbamates (subject to hydrolysis) is 1. The fourth-order valence-corrected chi connectivity index (χ4v) is 2.50. The first-order chi connectivity index (χ1) is 9.68. The summed E-state index contributed by atoms with van der Waals surface area (Å²) in [5, 5.41) is 11.3. The largest absolute Gasteiger partial charge is 0.481 e. The zero-order chi connectivity index (χ0) is 14.6. The van der Waals surface area contributed by atoms with Crippen LogP contribution in [0.5, 0.6) is 0 Å². The lowest BCUT2D eigenvalue weighted by atomic mass is 10.1. The Morgan fingerprint density at radius 2 is 1.60 bits per heavy atom. The zero-order valence-electron chi connectivity index (χ0n) is 12.2. The number of carbonyl (C=O) groups is 2. The van der Waals surface area contributed by atoms with E-state index in [0.29, 0.717) is 6.54 Å². The van der Waals surface area contributed by atoms with Gasteiger partial charge in [0.05, 0.1) is 0 Å². The number of unbranched alkanes of at least 4 members (excludes halogenated alkanes) is 5. The van der Waals surface area contributed by atoms with Crippen LogP contribution in [-0.2, 0) is 9.53 Å². The fourth-order valence-electron chi connectivity index (χ4n) is 2.50. The Kier molecular flexibility index (Phi) is 8.83. The highest BCUT2D eigenvalue weighted by atomic mass is 16.6. The number of carboxylic acid groups (broad SMARTS) is 1. The summed E-state index contributed by atoms with van der Waals surface area (Å²) in [5.41, 5.74) is 0. The van der Waals surface area contributed by atoms with Gasteiger partial charge >= 0.3 is 12.1 Å². The number of carbonyl (C=O) groups excluding carboxylic acids is 1. The van der Waals surface area contributed by atoms with E-state index in [2.05, 4.69) is 5.32 Å². The molecule has 0 spiro atoms. The fraction of sp³-hybridized carbons (Fsp3) is 0.867. The number of carboxylic acids is 1. The lowest BCUT2D eigenvalue weighted by molar-refractivity contribution is -0.137. The van der Waals surface area contributed by atoms with E-state index in [1.165, 1.54) is 12.8 Å². The van der Waals surface area contributed by atoms with Gasteiger partial charge in [0, 0.05) is 13.0 Å². The number of ether oxygens (including phenoxy) is 1. The molecule has 0 aromatic rings. The van der Waals surface area contributed by atoms with Crippen LogP contribution in [0.3, 0.4) is 0 Å². The molecule has 1 fully saturated rings. The van der Waals surface area contributed by atoms with Crippen molar-refractivity contribution in [2.45, 2.75) is 76.7 Å². The van der Waals surface area contributed by atoms with Crippen LogP contribution in [0.2, 0.25) is 0 Å². The van der Waals surface area contributed by atoms with Crippen LogP contribution in [0, 0.1) is 0 Å².